The Morgan fingerprint density at radius 3 is 1.71 bits per heavy atom. The topological polar surface area (TPSA) is 69.9 Å². The molecular formula is C22H31O4PS. The molecule has 0 aromatic heterocycles. The lowest BCUT2D eigenvalue weighted by molar-refractivity contribution is 0.369. The first-order valence-electron chi connectivity index (χ1n) is 9.23. The van der Waals surface area contributed by atoms with Gasteiger partial charge in [-0.25, -0.2) is 0 Å². The van der Waals surface area contributed by atoms with Crippen molar-refractivity contribution in [1.29, 1.82) is 0 Å². The third-order valence-corrected chi connectivity index (χ3v) is 6.27. The zero-order valence-corrected chi connectivity index (χ0v) is 19.6. The van der Waals surface area contributed by atoms with Crippen LogP contribution in [0.4, 0.5) is 0 Å². The van der Waals surface area contributed by atoms with E-state index >= 15 is 0 Å². The quantitative estimate of drug-likeness (QED) is 0.501. The smallest absolute Gasteiger partial charge is 0.391 e. The van der Waals surface area contributed by atoms with Crippen molar-refractivity contribution in [2.45, 2.75) is 76.0 Å². The molecule has 0 saturated carbocycles. The average molecular weight is 423 g/mol. The lowest BCUT2D eigenvalue weighted by Gasteiger charge is -2.25. The van der Waals surface area contributed by atoms with Gasteiger partial charge >= 0.3 is 8.60 Å². The second-order valence-electron chi connectivity index (χ2n) is 9.19. The summed E-state index contributed by atoms with van der Waals surface area (Å²) in [7, 11) is -2.47. The van der Waals surface area contributed by atoms with Gasteiger partial charge in [-0.1, -0.05) is 53.3 Å². The molecule has 0 heterocycles. The molecule has 0 amide bonds. The summed E-state index contributed by atoms with van der Waals surface area (Å²) in [6.07, 6.45) is 0. The number of phenolic OH excluding ortho intramolecular Hbond substituents is 1. The Balaban J connectivity index is 2.55. The van der Waals surface area contributed by atoms with Crippen molar-refractivity contribution in [1.82, 2.24) is 0 Å². The minimum atomic E-state index is -2.47. The molecule has 2 aromatic carbocycles. The van der Waals surface area contributed by atoms with E-state index in [0.29, 0.717) is 11.5 Å². The standard InChI is InChI=1S/C22H31O4PS/c1-13-9-17(23)15(21(3,4)5)11-19(13)28-20-12-16(22(6,7)8)18(10-14(20)2)26-27(24)25/h9-12,23-25H,1-8H3. The molecule has 0 aliphatic heterocycles. The molecule has 154 valence electrons. The summed E-state index contributed by atoms with van der Waals surface area (Å²) in [4.78, 5) is 20.8. The van der Waals surface area contributed by atoms with Crippen molar-refractivity contribution in [3.8, 4) is 11.5 Å². The van der Waals surface area contributed by atoms with Gasteiger partial charge in [-0.15, -0.1) is 0 Å². The molecule has 6 heteroatoms. The Bertz CT molecular complexity index is 864. The number of aryl methyl sites for hydroxylation is 2. The molecule has 3 N–H and O–H groups in total. The van der Waals surface area contributed by atoms with Gasteiger partial charge in [0, 0.05) is 20.9 Å². The molecule has 0 spiro atoms. The van der Waals surface area contributed by atoms with E-state index in [0.717, 1.165) is 32.0 Å². The molecule has 2 rings (SSSR count). The van der Waals surface area contributed by atoms with Crippen LogP contribution in [0.2, 0.25) is 0 Å². The Morgan fingerprint density at radius 2 is 1.25 bits per heavy atom. The minimum absolute atomic E-state index is 0.157. The van der Waals surface area contributed by atoms with Crippen molar-refractivity contribution in [3.05, 3.63) is 46.5 Å². The Hall–Kier alpha value is -1.26. The van der Waals surface area contributed by atoms with Gasteiger partial charge in [-0.05, 0) is 60.1 Å². The van der Waals surface area contributed by atoms with E-state index in [-0.39, 0.29) is 10.8 Å². The molecule has 0 unspecified atom stereocenters. The summed E-state index contributed by atoms with van der Waals surface area (Å²) in [5, 5.41) is 10.4. The molecule has 0 bridgehead atoms. The van der Waals surface area contributed by atoms with E-state index in [1.165, 1.54) is 0 Å². The number of hydrogen-bond donors (Lipinski definition) is 3. The predicted molar refractivity (Wildman–Crippen MR) is 118 cm³/mol. The summed E-state index contributed by atoms with van der Waals surface area (Å²) >= 11 is 1.65. The fraction of sp³-hybridized carbons (Fsp3) is 0.455. The van der Waals surface area contributed by atoms with Crippen LogP contribution in [0.15, 0.2) is 34.1 Å². The second-order valence-corrected chi connectivity index (χ2v) is 11.0. The van der Waals surface area contributed by atoms with E-state index in [4.69, 9.17) is 4.52 Å². The molecule has 0 saturated heterocycles. The maximum absolute atomic E-state index is 10.4. The summed E-state index contributed by atoms with van der Waals surface area (Å²) in [5.74, 6) is 0.827. The molecule has 2 aromatic rings. The summed E-state index contributed by atoms with van der Waals surface area (Å²) in [5.41, 5.74) is 3.47. The summed E-state index contributed by atoms with van der Waals surface area (Å²) in [6.45, 7) is 16.4. The van der Waals surface area contributed by atoms with E-state index < -0.39 is 8.60 Å². The van der Waals surface area contributed by atoms with Crippen LogP contribution in [0, 0.1) is 13.8 Å². The van der Waals surface area contributed by atoms with Crippen molar-refractivity contribution < 1.29 is 19.4 Å². The van der Waals surface area contributed by atoms with Crippen molar-refractivity contribution in [3.63, 3.8) is 0 Å². The molecular weight excluding hydrogens is 391 g/mol. The largest absolute Gasteiger partial charge is 0.508 e. The van der Waals surface area contributed by atoms with E-state index in [1.54, 1.807) is 11.8 Å². The lowest BCUT2D eigenvalue weighted by Crippen LogP contribution is -2.13. The van der Waals surface area contributed by atoms with Crippen molar-refractivity contribution in [2.75, 3.05) is 0 Å². The van der Waals surface area contributed by atoms with Gasteiger partial charge in [0.15, 0.2) is 0 Å². The Morgan fingerprint density at radius 1 is 0.786 bits per heavy atom. The van der Waals surface area contributed by atoms with Gasteiger partial charge in [-0.3, -0.25) is 0 Å². The van der Waals surface area contributed by atoms with Crippen LogP contribution >= 0.6 is 20.4 Å². The number of phenols is 1. The fourth-order valence-electron chi connectivity index (χ4n) is 3.02. The fourth-order valence-corrected chi connectivity index (χ4v) is 4.38. The molecule has 0 aliphatic rings. The third kappa shape index (κ3) is 5.42. The number of benzene rings is 2. The molecule has 0 radical (unpaired) electrons. The highest BCUT2D eigenvalue weighted by Crippen LogP contribution is 2.44. The zero-order valence-electron chi connectivity index (χ0n) is 17.9. The zero-order chi connectivity index (χ0) is 21.4. The van der Waals surface area contributed by atoms with Crippen LogP contribution < -0.4 is 4.52 Å². The Labute approximate surface area is 174 Å². The van der Waals surface area contributed by atoms with Crippen LogP contribution in [-0.4, -0.2) is 14.9 Å². The predicted octanol–water partition coefficient (Wildman–Crippen LogP) is 6.35. The highest BCUT2D eigenvalue weighted by molar-refractivity contribution is 7.99. The van der Waals surface area contributed by atoms with Crippen molar-refractivity contribution in [2.24, 2.45) is 0 Å². The van der Waals surface area contributed by atoms with Crippen LogP contribution in [0.1, 0.15) is 63.8 Å². The van der Waals surface area contributed by atoms with Crippen LogP contribution in [0.25, 0.3) is 0 Å². The van der Waals surface area contributed by atoms with Crippen LogP contribution in [0.5, 0.6) is 11.5 Å². The Kier molecular flexibility index (Phi) is 6.77. The molecule has 0 fully saturated rings. The monoisotopic (exact) mass is 422 g/mol. The summed E-state index contributed by atoms with van der Waals surface area (Å²) < 4.78 is 5.29. The SMILES string of the molecule is Cc1cc(O)c(C(C)(C)C)cc1Sc1cc(C(C)(C)C)c(OP(O)O)cc1C. The number of rotatable bonds is 4. The molecule has 28 heavy (non-hydrogen) atoms. The average Bonchev–Trinajstić information content (AvgIpc) is 2.48. The number of hydrogen-bond acceptors (Lipinski definition) is 5. The van der Waals surface area contributed by atoms with Gasteiger partial charge in [0.1, 0.15) is 11.5 Å². The van der Waals surface area contributed by atoms with E-state index in [1.807, 2.05) is 26.0 Å². The first-order valence-corrected chi connectivity index (χ1v) is 11.2. The molecule has 4 nitrogen and oxygen atoms in total. The second kappa shape index (κ2) is 8.23. The van der Waals surface area contributed by atoms with E-state index in [2.05, 4.69) is 53.7 Å². The van der Waals surface area contributed by atoms with Crippen LogP contribution in [0.3, 0.4) is 0 Å². The first-order chi connectivity index (χ1) is 12.7. The lowest BCUT2D eigenvalue weighted by atomic mass is 9.86. The minimum Gasteiger partial charge on any atom is -0.508 e. The first kappa shape index (κ1) is 23.0. The normalized spacial score (nSPS) is 12.5. The number of aromatic hydroxyl groups is 1. The highest BCUT2D eigenvalue weighted by atomic mass is 32.2. The van der Waals surface area contributed by atoms with E-state index in [9.17, 15) is 14.9 Å². The van der Waals surface area contributed by atoms with Gasteiger partial charge in [0.25, 0.3) is 0 Å². The maximum Gasteiger partial charge on any atom is 0.391 e. The van der Waals surface area contributed by atoms with Gasteiger partial charge in [0.2, 0.25) is 0 Å². The van der Waals surface area contributed by atoms with Crippen molar-refractivity contribution >= 4 is 20.4 Å². The van der Waals surface area contributed by atoms with Crippen LogP contribution in [-0.2, 0) is 10.8 Å². The highest BCUT2D eigenvalue weighted by Gasteiger charge is 2.24. The molecule has 0 aliphatic carbocycles. The molecule has 0 atom stereocenters. The van der Waals surface area contributed by atoms with Gasteiger partial charge in [-0.2, -0.15) is 0 Å². The summed E-state index contributed by atoms with van der Waals surface area (Å²) in [6, 6.07) is 7.82. The third-order valence-electron chi connectivity index (χ3n) is 4.59. The van der Waals surface area contributed by atoms with Gasteiger partial charge in [0.05, 0.1) is 0 Å². The maximum atomic E-state index is 10.4. The van der Waals surface area contributed by atoms with Gasteiger partial charge < -0.3 is 19.4 Å².